The van der Waals surface area contributed by atoms with Gasteiger partial charge in [-0.15, -0.1) is 0 Å². The molecule has 25 heavy (non-hydrogen) atoms. The minimum atomic E-state index is -0.537. The Balaban J connectivity index is 1.72. The summed E-state index contributed by atoms with van der Waals surface area (Å²) in [5.41, 5.74) is 3.21. The summed E-state index contributed by atoms with van der Waals surface area (Å²) in [6.45, 7) is 3.13. The highest BCUT2D eigenvalue weighted by molar-refractivity contribution is 6.10. The first-order valence-electron chi connectivity index (χ1n) is 8.21. The predicted molar refractivity (Wildman–Crippen MR) is 95.5 cm³/mol. The van der Waals surface area contributed by atoms with Gasteiger partial charge in [0, 0.05) is 36.1 Å². The van der Waals surface area contributed by atoms with Gasteiger partial charge in [0.1, 0.15) is 11.7 Å². The van der Waals surface area contributed by atoms with Gasteiger partial charge in [-0.05, 0) is 36.8 Å². The number of hydrogen-bond donors (Lipinski definition) is 2. The van der Waals surface area contributed by atoms with Crippen LogP contribution in [-0.4, -0.2) is 39.7 Å². The fourth-order valence-electron chi connectivity index (χ4n) is 3.06. The van der Waals surface area contributed by atoms with Gasteiger partial charge >= 0.3 is 0 Å². The molecule has 2 aliphatic heterocycles. The molecule has 1 aromatic heterocycles. The predicted octanol–water partition coefficient (Wildman–Crippen LogP) is 2.35. The average molecular weight is 334 g/mol. The molecule has 0 bridgehead atoms. The first-order valence-corrected chi connectivity index (χ1v) is 8.21. The van der Waals surface area contributed by atoms with Gasteiger partial charge in [0.15, 0.2) is 5.78 Å². The van der Waals surface area contributed by atoms with Crippen molar-refractivity contribution < 1.29 is 9.90 Å². The van der Waals surface area contributed by atoms with E-state index in [0.29, 0.717) is 24.5 Å². The molecule has 2 N–H and O–H groups in total. The Bertz CT molecular complexity index is 888. The van der Waals surface area contributed by atoms with E-state index >= 15 is 0 Å². The molecule has 2 aromatic rings. The number of aliphatic imine (C=N–C) groups is 1. The number of nitrogens with one attached hydrogen (secondary N) is 1. The maximum absolute atomic E-state index is 12.5. The summed E-state index contributed by atoms with van der Waals surface area (Å²) in [5.74, 6) is 1.44. The van der Waals surface area contributed by atoms with Gasteiger partial charge < -0.3 is 15.3 Å². The maximum Gasteiger partial charge on any atom is 0.191 e. The van der Waals surface area contributed by atoms with Gasteiger partial charge in [-0.3, -0.25) is 14.8 Å². The molecule has 6 nitrogen and oxygen atoms in total. The van der Waals surface area contributed by atoms with Gasteiger partial charge in [-0.25, -0.2) is 0 Å². The summed E-state index contributed by atoms with van der Waals surface area (Å²) in [6, 6.07) is 9.23. The van der Waals surface area contributed by atoms with Crippen molar-refractivity contribution in [1.82, 2.24) is 9.88 Å². The van der Waals surface area contributed by atoms with Gasteiger partial charge in [0.2, 0.25) is 0 Å². The van der Waals surface area contributed by atoms with E-state index in [0.717, 1.165) is 22.6 Å². The number of carbonyl (C=O) groups excluding carboxylic acids is 1. The zero-order chi connectivity index (χ0) is 17.4. The number of benzene rings is 1. The number of aliphatic hydroxyl groups excluding tert-OH is 1. The van der Waals surface area contributed by atoms with Crippen molar-refractivity contribution in [3.8, 4) is 0 Å². The van der Waals surface area contributed by atoms with E-state index in [1.807, 2.05) is 23.1 Å². The Kier molecular flexibility index (Phi) is 3.82. The zero-order valence-corrected chi connectivity index (χ0v) is 13.8. The van der Waals surface area contributed by atoms with Crippen LogP contribution in [0.15, 0.2) is 59.6 Å². The smallest absolute Gasteiger partial charge is 0.191 e. The van der Waals surface area contributed by atoms with E-state index in [-0.39, 0.29) is 5.78 Å². The third-order valence-corrected chi connectivity index (χ3v) is 4.38. The number of allylic oxidation sites excluding steroid dienone is 1. The average Bonchev–Trinajstić information content (AvgIpc) is 3.12. The molecule has 1 aromatic carbocycles. The molecule has 6 heteroatoms. The lowest BCUT2D eigenvalue weighted by Crippen LogP contribution is -2.36. The first kappa shape index (κ1) is 15.5. The van der Waals surface area contributed by atoms with E-state index < -0.39 is 6.10 Å². The highest BCUT2D eigenvalue weighted by Gasteiger charge is 2.30. The summed E-state index contributed by atoms with van der Waals surface area (Å²) in [5, 5.41) is 13.1. The molecular formula is C19H18N4O2. The zero-order valence-electron chi connectivity index (χ0n) is 13.8. The van der Waals surface area contributed by atoms with Crippen LogP contribution in [0, 0.1) is 0 Å². The Morgan fingerprint density at radius 3 is 3.04 bits per heavy atom. The lowest BCUT2D eigenvalue weighted by atomic mass is 10.0. The van der Waals surface area contributed by atoms with E-state index in [9.17, 15) is 9.90 Å². The van der Waals surface area contributed by atoms with Crippen molar-refractivity contribution in [2.45, 2.75) is 13.0 Å². The van der Waals surface area contributed by atoms with Crippen LogP contribution in [0.25, 0.3) is 0 Å². The van der Waals surface area contributed by atoms with Crippen molar-refractivity contribution in [2.75, 3.05) is 18.4 Å². The SMILES string of the molecule is CC(O)c1ccc2c(c1)C1=NCCN1C(=CC(=O)c1cccnc1)N2. The second-order valence-electron chi connectivity index (χ2n) is 6.10. The molecule has 0 radical (unpaired) electrons. The highest BCUT2D eigenvalue weighted by Crippen LogP contribution is 2.32. The Labute approximate surface area is 145 Å². The fourth-order valence-corrected chi connectivity index (χ4v) is 3.06. The van der Waals surface area contributed by atoms with Crippen molar-refractivity contribution in [1.29, 1.82) is 0 Å². The topological polar surface area (TPSA) is 77.8 Å². The number of hydrogen-bond acceptors (Lipinski definition) is 6. The molecular weight excluding hydrogens is 316 g/mol. The number of carbonyl (C=O) groups is 1. The van der Waals surface area contributed by atoms with E-state index in [2.05, 4.69) is 15.3 Å². The normalized spacial score (nSPS) is 18.2. The number of rotatable bonds is 3. The maximum atomic E-state index is 12.5. The standard InChI is InChI=1S/C19H18N4O2/c1-12(24)13-4-5-16-15(9-13)19-21-7-8-23(19)18(22-16)10-17(25)14-3-2-6-20-11-14/h2-6,9-12,22,24H,7-8H2,1H3. The molecule has 0 amide bonds. The fraction of sp³-hybridized carbons (Fsp3) is 0.211. The van der Waals surface area contributed by atoms with Crippen LogP contribution in [-0.2, 0) is 0 Å². The third kappa shape index (κ3) is 2.81. The van der Waals surface area contributed by atoms with E-state index in [4.69, 9.17) is 0 Å². The minimum Gasteiger partial charge on any atom is -0.389 e. The Morgan fingerprint density at radius 2 is 2.28 bits per heavy atom. The Morgan fingerprint density at radius 1 is 1.40 bits per heavy atom. The highest BCUT2D eigenvalue weighted by atomic mass is 16.3. The molecule has 0 spiro atoms. The molecule has 0 fully saturated rings. The molecule has 0 saturated heterocycles. The molecule has 4 rings (SSSR count). The second-order valence-corrected chi connectivity index (χ2v) is 6.10. The van der Waals surface area contributed by atoms with Crippen LogP contribution in [0.1, 0.15) is 34.5 Å². The van der Waals surface area contributed by atoms with Crippen LogP contribution in [0.4, 0.5) is 5.69 Å². The largest absolute Gasteiger partial charge is 0.389 e. The summed E-state index contributed by atoms with van der Waals surface area (Å²) in [7, 11) is 0. The summed E-state index contributed by atoms with van der Waals surface area (Å²) in [4.78, 5) is 23.1. The quantitative estimate of drug-likeness (QED) is 0.665. The van der Waals surface area contributed by atoms with Crippen molar-refractivity contribution >= 4 is 17.3 Å². The molecule has 0 aliphatic carbocycles. The van der Waals surface area contributed by atoms with Crippen LogP contribution in [0.5, 0.6) is 0 Å². The van der Waals surface area contributed by atoms with Crippen LogP contribution < -0.4 is 5.32 Å². The molecule has 126 valence electrons. The lowest BCUT2D eigenvalue weighted by Gasteiger charge is -2.31. The summed E-state index contributed by atoms with van der Waals surface area (Å²) < 4.78 is 0. The lowest BCUT2D eigenvalue weighted by molar-refractivity contribution is 0.104. The molecule has 1 atom stereocenters. The van der Waals surface area contributed by atoms with Gasteiger partial charge in [-0.2, -0.15) is 0 Å². The molecule has 2 aliphatic rings. The number of anilines is 1. The second kappa shape index (κ2) is 6.14. The summed E-state index contributed by atoms with van der Waals surface area (Å²) >= 11 is 0. The van der Waals surface area contributed by atoms with Crippen LogP contribution in [0.2, 0.25) is 0 Å². The van der Waals surface area contributed by atoms with Crippen molar-refractivity contribution in [2.24, 2.45) is 4.99 Å². The molecule has 0 saturated carbocycles. The number of fused-ring (bicyclic) bond motifs is 3. The summed E-state index contributed by atoms with van der Waals surface area (Å²) in [6.07, 6.45) is 4.25. The first-order chi connectivity index (χ1) is 12.1. The number of aliphatic hydroxyl groups is 1. The van der Waals surface area contributed by atoms with Gasteiger partial charge in [0.05, 0.1) is 18.3 Å². The number of nitrogens with zero attached hydrogens (tertiary/aromatic N) is 3. The van der Waals surface area contributed by atoms with E-state index in [1.165, 1.54) is 0 Å². The number of amidine groups is 1. The number of ketones is 1. The Hall–Kier alpha value is -2.99. The number of pyridine rings is 1. The molecule has 1 unspecified atom stereocenters. The van der Waals surface area contributed by atoms with Gasteiger partial charge in [0.25, 0.3) is 0 Å². The minimum absolute atomic E-state index is 0.106. The van der Waals surface area contributed by atoms with Crippen molar-refractivity contribution in [3.05, 3.63) is 71.3 Å². The molecule has 3 heterocycles. The third-order valence-electron chi connectivity index (χ3n) is 4.38. The van der Waals surface area contributed by atoms with Crippen molar-refractivity contribution in [3.63, 3.8) is 0 Å². The van der Waals surface area contributed by atoms with Crippen LogP contribution >= 0.6 is 0 Å². The monoisotopic (exact) mass is 334 g/mol. The van der Waals surface area contributed by atoms with Gasteiger partial charge in [-0.1, -0.05) is 6.07 Å². The van der Waals surface area contributed by atoms with Crippen LogP contribution in [0.3, 0.4) is 0 Å². The van der Waals surface area contributed by atoms with E-state index in [1.54, 1.807) is 37.5 Å². The number of aromatic nitrogens is 1.